The van der Waals surface area contributed by atoms with Gasteiger partial charge in [-0.3, -0.25) is 14.5 Å². The molecule has 0 aromatic heterocycles. The first-order valence-corrected chi connectivity index (χ1v) is 7.35. The van der Waals surface area contributed by atoms with Crippen LogP contribution in [0.5, 0.6) is 0 Å². The summed E-state index contributed by atoms with van der Waals surface area (Å²) in [6, 6.07) is 5.82. The number of carbonyl (C=O) groups excluding carboxylic acids is 2. The molecule has 0 radical (unpaired) electrons. The van der Waals surface area contributed by atoms with Crippen LogP contribution in [0.1, 0.15) is 5.56 Å². The lowest BCUT2D eigenvalue weighted by atomic mass is 10.2. The second kappa shape index (κ2) is 6.85. The van der Waals surface area contributed by atoms with Crippen molar-refractivity contribution < 1.29 is 9.59 Å². The van der Waals surface area contributed by atoms with Gasteiger partial charge in [0.15, 0.2) is 0 Å². The van der Waals surface area contributed by atoms with Gasteiger partial charge in [-0.25, -0.2) is 0 Å². The number of piperazine rings is 1. The van der Waals surface area contributed by atoms with E-state index >= 15 is 0 Å². The van der Waals surface area contributed by atoms with E-state index in [-0.39, 0.29) is 5.91 Å². The van der Waals surface area contributed by atoms with Crippen LogP contribution in [0.4, 0.5) is 5.69 Å². The lowest BCUT2D eigenvalue weighted by Gasteiger charge is -2.31. The van der Waals surface area contributed by atoms with Crippen LogP contribution in [0.3, 0.4) is 0 Å². The molecule has 1 aromatic carbocycles. The van der Waals surface area contributed by atoms with E-state index in [0.29, 0.717) is 19.6 Å². The van der Waals surface area contributed by atoms with Crippen LogP contribution in [0.2, 0.25) is 0 Å². The molecule has 1 saturated heterocycles. The number of aryl methyl sites for hydroxylation is 1. The van der Waals surface area contributed by atoms with E-state index in [4.69, 9.17) is 0 Å². The minimum absolute atomic E-state index is 0.0332. The number of nitrogens with zero attached hydrogens (tertiary/aromatic N) is 2. The molecule has 0 bridgehead atoms. The fraction of sp³-hybridized carbons (Fsp3) is 0.429. The molecular formula is C14H18BrN3O2. The van der Waals surface area contributed by atoms with Crippen LogP contribution in [0.15, 0.2) is 22.7 Å². The zero-order valence-corrected chi connectivity index (χ0v) is 13.0. The summed E-state index contributed by atoms with van der Waals surface area (Å²) in [7, 11) is 0. The van der Waals surface area contributed by atoms with Crippen molar-refractivity contribution in [1.82, 2.24) is 9.80 Å². The number of amides is 2. The molecule has 1 fully saturated rings. The fourth-order valence-electron chi connectivity index (χ4n) is 2.14. The number of anilines is 1. The molecule has 0 atom stereocenters. The molecule has 5 nitrogen and oxygen atoms in total. The summed E-state index contributed by atoms with van der Waals surface area (Å²) in [5, 5.41) is 2.90. The van der Waals surface area contributed by atoms with Crippen LogP contribution in [0, 0.1) is 6.92 Å². The Hall–Kier alpha value is -1.40. The molecule has 0 saturated carbocycles. The van der Waals surface area contributed by atoms with Gasteiger partial charge >= 0.3 is 0 Å². The van der Waals surface area contributed by atoms with E-state index in [1.54, 1.807) is 4.90 Å². The highest BCUT2D eigenvalue weighted by Crippen LogP contribution is 2.23. The van der Waals surface area contributed by atoms with Crippen LogP contribution in [0.25, 0.3) is 0 Å². The first-order chi connectivity index (χ1) is 9.58. The molecule has 2 amide bonds. The van der Waals surface area contributed by atoms with Crippen molar-refractivity contribution in [1.29, 1.82) is 0 Å². The number of hydrogen-bond acceptors (Lipinski definition) is 3. The molecule has 1 aliphatic rings. The van der Waals surface area contributed by atoms with Crippen LogP contribution in [-0.4, -0.2) is 54.8 Å². The van der Waals surface area contributed by atoms with Crippen molar-refractivity contribution in [3.8, 4) is 0 Å². The molecule has 1 N–H and O–H groups in total. The molecule has 1 aromatic rings. The zero-order valence-electron chi connectivity index (χ0n) is 11.4. The predicted octanol–water partition coefficient (Wildman–Crippen LogP) is 1.47. The molecular weight excluding hydrogens is 322 g/mol. The summed E-state index contributed by atoms with van der Waals surface area (Å²) in [6.45, 7) is 5.20. The number of rotatable bonds is 4. The van der Waals surface area contributed by atoms with Crippen LogP contribution < -0.4 is 5.32 Å². The SMILES string of the molecule is Cc1ccc(NC(=O)CN2CCN(C=O)CC2)c(Br)c1. The Bertz CT molecular complexity index is 499. The van der Waals surface area contributed by atoms with E-state index in [0.717, 1.165) is 35.2 Å². The van der Waals surface area contributed by atoms with Crippen molar-refractivity contribution in [2.75, 3.05) is 38.0 Å². The zero-order chi connectivity index (χ0) is 14.5. The van der Waals surface area contributed by atoms with Crippen molar-refractivity contribution >= 4 is 33.9 Å². The number of benzene rings is 1. The van der Waals surface area contributed by atoms with Gasteiger partial charge in [-0.1, -0.05) is 6.07 Å². The highest BCUT2D eigenvalue weighted by Gasteiger charge is 2.18. The summed E-state index contributed by atoms with van der Waals surface area (Å²) in [4.78, 5) is 26.4. The Balaban J connectivity index is 1.85. The summed E-state index contributed by atoms with van der Waals surface area (Å²) in [5.41, 5.74) is 1.92. The summed E-state index contributed by atoms with van der Waals surface area (Å²) < 4.78 is 0.886. The highest BCUT2D eigenvalue weighted by molar-refractivity contribution is 9.10. The first kappa shape index (κ1) is 15.0. The minimum Gasteiger partial charge on any atom is -0.343 e. The second-order valence-electron chi connectivity index (χ2n) is 4.95. The first-order valence-electron chi connectivity index (χ1n) is 6.56. The van der Waals surface area contributed by atoms with Gasteiger partial charge in [-0.15, -0.1) is 0 Å². The van der Waals surface area contributed by atoms with Crippen molar-refractivity contribution in [3.05, 3.63) is 28.2 Å². The summed E-state index contributed by atoms with van der Waals surface area (Å²) in [6.07, 6.45) is 0.862. The Kier molecular flexibility index (Phi) is 5.14. The second-order valence-corrected chi connectivity index (χ2v) is 5.80. The molecule has 1 heterocycles. The quantitative estimate of drug-likeness (QED) is 0.845. The smallest absolute Gasteiger partial charge is 0.238 e. The normalized spacial score (nSPS) is 16.0. The molecule has 1 aliphatic heterocycles. The highest BCUT2D eigenvalue weighted by atomic mass is 79.9. The van der Waals surface area contributed by atoms with Gasteiger partial charge in [-0.05, 0) is 40.5 Å². The van der Waals surface area contributed by atoms with Gasteiger partial charge < -0.3 is 10.2 Å². The topological polar surface area (TPSA) is 52.7 Å². The molecule has 20 heavy (non-hydrogen) atoms. The average Bonchev–Trinajstić information content (AvgIpc) is 2.43. The van der Waals surface area contributed by atoms with Gasteiger partial charge in [0.2, 0.25) is 12.3 Å². The summed E-state index contributed by atoms with van der Waals surface area (Å²) in [5.74, 6) is -0.0332. The molecule has 108 valence electrons. The third-order valence-corrected chi connectivity index (χ3v) is 3.98. The Labute approximate surface area is 127 Å². The van der Waals surface area contributed by atoms with Crippen molar-refractivity contribution in [3.63, 3.8) is 0 Å². The third kappa shape index (κ3) is 4.05. The number of carbonyl (C=O) groups is 2. The van der Waals surface area contributed by atoms with Crippen molar-refractivity contribution in [2.45, 2.75) is 6.92 Å². The Morgan fingerprint density at radius 3 is 2.65 bits per heavy atom. The molecule has 6 heteroatoms. The molecule has 0 spiro atoms. The van der Waals surface area contributed by atoms with Gasteiger partial charge in [0.05, 0.1) is 12.2 Å². The maximum absolute atomic E-state index is 12.0. The van der Waals surface area contributed by atoms with Crippen LogP contribution >= 0.6 is 15.9 Å². The summed E-state index contributed by atoms with van der Waals surface area (Å²) >= 11 is 3.44. The maximum Gasteiger partial charge on any atom is 0.238 e. The monoisotopic (exact) mass is 339 g/mol. The number of halogens is 1. The molecule has 0 unspecified atom stereocenters. The molecule has 0 aliphatic carbocycles. The Morgan fingerprint density at radius 1 is 1.35 bits per heavy atom. The van der Waals surface area contributed by atoms with E-state index in [2.05, 4.69) is 26.1 Å². The Morgan fingerprint density at radius 2 is 2.05 bits per heavy atom. The van der Waals surface area contributed by atoms with E-state index in [1.807, 2.05) is 25.1 Å². The average molecular weight is 340 g/mol. The van der Waals surface area contributed by atoms with E-state index < -0.39 is 0 Å². The number of nitrogens with one attached hydrogen (secondary N) is 1. The molecule has 2 rings (SSSR count). The van der Waals surface area contributed by atoms with Gasteiger partial charge in [0, 0.05) is 30.7 Å². The van der Waals surface area contributed by atoms with Gasteiger partial charge in [-0.2, -0.15) is 0 Å². The fourth-order valence-corrected chi connectivity index (χ4v) is 2.73. The minimum atomic E-state index is -0.0332. The van der Waals surface area contributed by atoms with Crippen LogP contribution in [-0.2, 0) is 9.59 Å². The van der Waals surface area contributed by atoms with E-state index in [9.17, 15) is 9.59 Å². The maximum atomic E-state index is 12.0. The van der Waals surface area contributed by atoms with Gasteiger partial charge in [0.1, 0.15) is 0 Å². The lowest BCUT2D eigenvalue weighted by molar-refractivity contribution is -0.120. The largest absolute Gasteiger partial charge is 0.343 e. The van der Waals surface area contributed by atoms with Gasteiger partial charge in [0.25, 0.3) is 0 Å². The third-order valence-electron chi connectivity index (χ3n) is 3.32. The number of hydrogen-bond donors (Lipinski definition) is 1. The lowest BCUT2D eigenvalue weighted by Crippen LogP contribution is -2.48. The van der Waals surface area contributed by atoms with Crippen molar-refractivity contribution in [2.24, 2.45) is 0 Å². The predicted molar refractivity (Wildman–Crippen MR) is 81.6 cm³/mol. The standard InChI is InChI=1S/C14H18BrN3O2/c1-11-2-3-13(12(15)8-11)16-14(20)9-17-4-6-18(10-19)7-5-17/h2-3,8,10H,4-7,9H2,1H3,(H,16,20). The van der Waals surface area contributed by atoms with E-state index in [1.165, 1.54) is 0 Å².